The van der Waals surface area contributed by atoms with Gasteiger partial charge in [0.15, 0.2) is 14.1 Å². The molecule has 0 aromatic heterocycles. The Kier molecular flexibility index (Phi) is 10.1. The summed E-state index contributed by atoms with van der Waals surface area (Å²) in [5, 5.41) is 14.0. The summed E-state index contributed by atoms with van der Waals surface area (Å²) in [4.78, 5) is 13.9. The second-order valence-corrected chi connectivity index (χ2v) is 17.3. The van der Waals surface area contributed by atoms with Crippen LogP contribution in [0.3, 0.4) is 0 Å². The van der Waals surface area contributed by atoms with E-state index >= 15 is 0 Å². The van der Waals surface area contributed by atoms with Crippen molar-refractivity contribution >= 4 is 42.2 Å². The van der Waals surface area contributed by atoms with Crippen molar-refractivity contribution in [1.29, 1.82) is 5.26 Å². The van der Waals surface area contributed by atoms with Crippen LogP contribution in [0.25, 0.3) is 0 Å². The van der Waals surface area contributed by atoms with Crippen molar-refractivity contribution in [3.8, 4) is 6.07 Å². The van der Waals surface area contributed by atoms with Gasteiger partial charge in [-0.25, -0.2) is 0 Å². The van der Waals surface area contributed by atoms with E-state index in [0.29, 0.717) is 18.1 Å². The molecule has 3 aromatic carbocycles. The van der Waals surface area contributed by atoms with Crippen LogP contribution in [0.2, 0.25) is 18.1 Å². The number of carbonyl (C=O) groups is 1. The van der Waals surface area contributed by atoms with Gasteiger partial charge in [-0.05, 0) is 54.3 Å². The number of ketones is 1. The summed E-state index contributed by atoms with van der Waals surface area (Å²) in [7, 11) is -1.76. The molecule has 36 heavy (non-hydrogen) atoms. The molecule has 0 aliphatic carbocycles. The van der Waals surface area contributed by atoms with Crippen LogP contribution in [-0.4, -0.2) is 25.5 Å². The van der Waals surface area contributed by atoms with Gasteiger partial charge in [-0.15, -0.1) is 0 Å². The predicted octanol–water partition coefficient (Wildman–Crippen LogP) is 6.44. The Morgan fingerprint density at radius 1 is 0.806 bits per heavy atom. The fourth-order valence-corrected chi connectivity index (χ4v) is 12.2. The second-order valence-electron chi connectivity index (χ2n) is 9.27. The molecule has 0 fully saturated rings. The molecule has 0 saturated carbocycles. The lowest BCUT2D eigenvalue weighted by Gasteiger charge is -2.32. The Hall–Kier alpha value is -2.70. The van der Waals surface area contributed by atoms with Crippen molar-refractivity contribution in [3.63, 3.8) is 0 Å². The first-order chi connectivity index (χ1) is 17.5. The SMILES string of the molecule is CC[Si](CC)(CC)OC(C)CCC(=O)C(C#N)=P(c1ccccc1)(c1ccccc1)c1ccccc1. The molecule has 0 aliphatic heterocycles. The van der Waals surface area contributed by atoms with Crippen LogP contribution in [-0.2, 0) is 9.22 Å². The fraction of sp³-hybridized carbons (Fsp3) is 0.323. The van der Waals surface area contributed by atoms with Gasteiger partial charge in [-0.3, -0.25) is 4.79 Å². The molecule has 1 atom stereocenters. The summed E-state index contributed by atoms with van der Waals surface area (Å²) in [6, 6.07) is 36.0. The van der Waals surface area contributed by atoms with Gasteiger partial charge in [-0.2, -0.15) is 5.26 Å². The van der Waals surface area contributed by atoms with Crippen molar-refractivity contribution in [2.24, 2.45) is 0 Å². The number of Topliss-reactive ketones (excluding diaryl/α,β-unsaturated/α-hetero) is 1. The monoisotopic (exact) mass is 515 g/mol. The summed E-state index contributed by atoms with van der Waals surface area (Å²) in [5.41, 5.74) is 0. The smallest absolute Gasteiger partial charge is 0.192 e. The zero-order valence-electron chi connectivity index (χ0n) is 22.0. The van der Waals surface area contributed by atoms with E-state index < -0.39 is 15.2 Å². The zero-order chi connectivity index (χ0) is 26.0. The highest BCUT2D eigenvalue weighted by Gasteiger charge is 2.34. The third-order valence-electron chi connectivity index (χ3n) is 7.30. The maximum Gasteiger partial charge on any atom is 0.192 e. The van der Waals surface area contributed by atoms with E-state index in [4.69, 9.17) is 4.43 Å². The van der Waals surface area contributed by atoms with Crippen LogP contribution in [0.15, 0.2) is 91.0 Å². The minimum Gasteiger partial charge on any atom is -0.414 e. The molecular formula is C31H38NO2PSi. The van der Waals surface area contributed by atoms with Crippen molar-refractivity contribution < 1.29 is 9.22 Å². The number of hydrogen-bond donors (Lipinski definition) is 0. The molecule has 3 rings (SSSR count). The molecule has 0 saturated heterocycles. The Morgan fingerprint density at radius 3 is 1.53 bits per heavy atom. The van der Waals surface area contributed by atoms with Crippen LogP contribution in [0.1, 0.15) is 40.5 Å². The molecule has 188 valence electrons. The minimum atomic E-state index is -2.66. The first-order valence-corrected chi connectivity index (χ1v) is 17.3. The zero-order valence-corrected chi connectivity index (χ0v) is 23.9. The first kappa shape index (κ1) is 27.9. The van der Waals surface area contributed by atoms with E-state index in [1.165, 1.54) is 0 Å². The largest absolute Gasteiger partial charge is 0.414 e. The topological polar surface area (TPSA) is 50.1 Å². The quantitative estimate of drug-likeness (QED) is 0.206. The van der Waals surface area contributed by atoms with Gasteiger partial charge in [0.2, 0.25) is 0 Å². The number of benzene rings is 3. The third kappa shape index (κ3) is 5.81. The number of nitriles is 1. The highest BCUT2D eigenvalue weighted by molar-refractivity contribution is 7.96. The lowest BCUT2D eigenvalue weighted by Crippen LogP contribution is -2.39. The molecule has 1 unspecified atom stereocenters. The normalized spacial score (nSPS) is 12.5. The summed E-state index contributed by atoms with van der Waals surface area (Å²) in [6.45, 7) is 6.07. The second kappa shape index (κ2) is 13.0. The number of rotatable bonds is 12. The minimum absolute atomic E-state index is 0.00156. The molecule has 5 heteroatoms. The average molecular weight is 516 g/mol. The van der Waals surface area contributed by atoms with E-state index in [9.17, 15) is 10.1 Å². The Morgan fingerprint density at radius 2 is 1.19 bits per heavy atom. The van der Waals surface area contributed by atoms with Gasteiger partial charge >= 0.3 is 0 Å². The van der Waals surface area contributed by atoms with E-state index in [2.05, 4.69) is 70.2 Å². The summed E-state index contributed by atoms with van der Waals surface area (Å²) in [5.74, 6) is -0.0744. The molecule has 0 N–H and O–H groups in total. The fourth-order valence-electron chi connectivity index (χ4n) is 5.05. The van der Waals surface area contributed by atoms with Crippen molar-refractivity contribution in [2.75, 3.05) is 0 Å². The van der Waals surface area contributed by atoms with Gasteiger partial charge in [0.05, 0.1) is 0 Å². The molecular weight excluding hydrogens is 477 g/mol. The van der Waals surface area contributed by atoms with Crippen LogP contribution >= 0.6 is 6.89 Å². The van der Waals surface area contributed by atoms with Crippen LogP contribution in [0, 0.1) is 11.3 Å². The maximum atomic E-state index is 13.9. The number of nitrogens with zero attached hydrogens (tertiary/aromatic N) is 1. The number of carbonyl (C=O) groups excluding carboxylic acids is 1. The number of hydrogen-bond acceptors (Lipinski definition) is 3. The predicted molar refractivity (Wildman–Crippen MR) is 158 cm³/mol. The summed E-state index contributed by atoms with van der Waals surface area (Å²) in [6.07, 6.45) is 0.926. The maximum absolute atomic E-state index is 13.9. The van der Waals surface area contributed by atoms with E-state index in [0.717, 1.165) is 34.0 Å². The summed E-state index contributed by atoms with van der Waals surface area (Å²) >= 11 is 0. The van der Waals surface area contributed by atoms with Gasteiger partial charge in [0.25, 0.3) is 0 Å². The van der Waals surface area contributed by atoms with E-state index in [1.54, 1.807) is 0 Å². The van der Waals surface area contributed by atoms with Crippen LogP contribution in [0.5, 0.6) is 0 Å². The molecule has 0 aliphatic rings. The molecule has 0 amide bonds. The Bertz CT molecular complexity index is 1100. The first-order valence-electron chi connectivity index (χ1n) is 13.0. The van der Waals surface area contributed by atoms with Gasteiger partial charge < -0.3 is 4.43 Å². The third-order valence-corrected chi connectivity index (χ3v) is 16.3. The van der Waals surface area contributed by atoms with E-state index in [1.807, 2.05) is 54.6 Å². The van der Waals surface area contributed by atoms with E-state index in [-0.39, 0.29) is 11.9 Å². The lowest BCUT2D eigenvalue weighted by molar-refractivity contribution is -0.113. The van der Waals surface area contributed by atoms with Crippen molar-refractivity contribution in [1.82, 2.24) is 0 Å². The summed E-state index contributed by atoms with van der Waals surface area (Å²) < 4.78 is 6.59. The average Bonchev–Trinajstić information content (AvgIpc) is 2.95. The molecule has 0 spiro atoms. The van der Waals surface area contributed by atoms with Gasteiger partial charge in [-0.1, -0.05) is 112 Å². The standard InChI is InChI=1S/C31H38NO2PSi/c1-5-36(6-2,7-3)34-26(4)23-24-30(33)31(25-32)35(27-17-11-8-12-18-27,28-19-13-9-14-20-28)29-21-15-10-16-22-29/h8-22,26H,5-7,23-24H2,1-4H3. The molecule has 0 radical (unpaired) electrons. The Labute approximate surface area is 218 Å². The molecule has 0 bridgehead atoms. The van der Waals surface area contributed by atoms with Crippen LogP contribution in [0.4, 0.5) is 0 Å². The molecule has 0 heterocycles. The van der Waals surface area contributed by atoms with Crippen molar-refractivity contribution in [3.05, 3.63) is 91.0 Å². The van der Waals surface area contributed by atoms with Crippen molar-refractivity contribution in [2.45, 2.75) is 64.8 Å². The lowest BCUT2D eigenvalue weighted by atomic mass is 10.1. The molecule has 3 nitrogen and oxygen atoms in total. The van der Waals surface area contributed by atoms with Crippen LogP contribution < -0.4 is 15.9 Å². The highest BCUT2D eigenvalue weighted by atomic mass is 31.2. The highest BCUT2D eigenvalue weighted by Crippen LogP contribution is 2.46. The van der Waals surface area contributed by atoms with Gasteiger partial charge in [0.1, 0.15) is 11.4 Å². The van der Waals surface area contributed by atoms with Gasteiger partial charge in [0, 0.05) is 12.5 Å². The Balaban J connectivity index is 2.15. The molecule has 3 aromatic rings.